The smallest absolute Gasteiger partial charge is 0.143 e. The lowest BCUT2D eigenvalue weighted by Crippen LogP contribution is -1.94. The molecule has 0 saturated carbocycles. The van der Waals surface area contributed by atoms with E-state index in [1.807, 2.05) is 30.3 Å². The first kappa shape index (κ1) is 20.3. The van der Waals surface area contributed by atoms with E-state index in [4.69, 9.17) is 15.0 Å². The van der Waals surface area contributed by atoms with Crippen molar-refractivity contribution >= 4 is 54.4 Å². The summed E-state index contributed by atoms with van der Waals surface area (Å²) < 4.78 is 2.35. The van der Waals surface area contributed by atoms with E-state index < -0.39 is 0 Å². The summed E-state index contributed by atoms with van der Waals surface area (Å²) in [5.41, 5.74) is 8.04. The average molecular weight is 487 g/mol. The van der Waals surface area contributed by atoms with E-state index in [9.17, 15) is 0 Å². The van der Waals surface area contributed by atoms with Crippen LogP contribution < -0.4 is 0 Å². The molecule has 0 spiro atoms. The van der Waals surface area contributed by atoms with Gasteiger partial charge in [-0.15, -0.1) is 22.7 Å². The van der Waals surface area contributed by atoms with Gasteiger partial charge in [-0.25, -0.2) is 15.0 Å². The van der Waals surface area contributed by atoms with Gasteiger partial charge >= 0.3 is 0 Å². The molecule has 0 radical (unpaired) electrons. The van der Waals surface area contributed by atoms with Crippen LogP contribution in [0.2, 0.25) is 0 Å². The number of benzene rings is 3. The number of thiazole rings is 2. The van der Waals surface area contributed by atoms with Crippen LogP contribution in [-0.4, -0.2) is 20.7 Å². The second kappa shape index (κ2) is 8.27. The summed E-state index contributed by atoms with van der Waals surface area (Å²) in [7, 11) is 0. The third-order valence-electron chi connectivity index (χ3n) is 5.95. The molecule has 0 fully saturated rings. The summed E-state index contributed by atoms with van der Waals surface area (Å²) in [6, 6.07) is 31.1. The zero-order chi connectivity index (χ0) is 23.2. The van der Waals surface area contributed by atoms with E-state index in [-0.39, 0.29) is 0 Å². The number of fused-ring (bicyclic) bond motifs is 2. The molecule has 4 nitrogen and oxygen atoms in total. The van der Waals surface area contributed by atoms with Crippen molar-refractivity contribution in [3.05, 3.63) is 125 Å². The summed E-state index contributed by atoms with van der Waals surface area (Å²) in [4.78, 5) is 18.3. The van der Waals surface area contributed by atoms with Crippen LogP contribution >= 0.6 is 22.7 Å². The zero-order valence-electron chi connectivity index (χ0n) is 18.5. The fraction of sp³-hybridized carbons (Fsp3) is 0. The highest BCUT2D eigenvalue weighted by molar-refractivity contribution is 7.21. The lowest BCUT2D eigenvalue weighted by molar-refractivity contribution is 1.30. The van der Waals surface area contributed by atoms with Crippen LogP contribution in [0.4, 0.5) is 0 Å². The molecule has 6 heteroatoms. The Kier molecular flexibility index (Phi) is 4.79. The maximum absolute atomic E-state index is 5.02. The zero-order valence-corrected chi connectivity index (χ0v) is 20.1. The fourth-order valence-corrected chi connectivity index (χ4v) is 6.18. The van der Waals surface area contributed by atoms with Gasteiger partial charge in [0, 0.05) is 11.3 Å². The Morgan fingerprint density at radius 1 is 0.629 bits per heavy atom. The van der Waals surface area contributed by atoms with Crippen LogP contribution in [0, 0.1) is 0 Å². The lowest BCUT2D eigenvalue weighted by Gasteiger charge is -2.08. The summed E-state index contributed by atoms with van der Waals surface area (Å²) in [5.74, 6) is 0. The van der Waals surface area contributed by atoms with Gasteiger partial charge in [0.2, 0.25) is 0 Å². The normalized spacial score (nSPS) is 14.7. The van der Waals surface area contributed by atoms with Crippen LogP contribution in [-0.2, 0) is 0 Å². The van der Waals surface area contributed by atoms with Crippen molar-refractivity contribution < 1.29 is 0 Å². The van der Waals surface area contributed by atoms with Gasteiger partial charge in [-0.05, 0) is 54.1 Å². The SMILES string of the molecule is C1=C/C(=C(/c2ccccc2)c2ccc(-c3nc4ccccc4s3)[nH]2)N=C1c1nc2ccccc2s1. The van der Waals surface area contributed by atoms with Crippen LogP contribution in [0.3, 0.4) is 0 Å². The number of hydrogen-bond donors (Lipinski definition) is 1. The molecule has 3 aromatic heterocycles. The highest BCUT2D eigenvalue weighted by Crippen LogP contribution is 2.35. The number of nitrogens with one attached hydrogen (secondary N) is 1. The standard InChI is InChI=1S/C29H18N4S2/c1-2-8-18(9-3-1)27(21-14-16-23(30-21)28-32-19-10-4-6-12-25(19)34-28)22-15-17-24(31-22)29-33-20-11-5-7-13-26(20)35-29/h1-17,30H/b27-22+. The maximum Gasteiger partial charge on any atom is 0.143 e. The van der Waals surface area contributed by atoms with E-state index >= 15 is 0 Å². The van der Waals surface area contributed by atoms with Crippen molar-refractivity contribution in [1.82, 2.24) is 15.0 Å². The van der Waals surface area contributed by atoms with Crippen molar-refractivity contribution in [2.75, 3.05) is 0 Å². The van der Waals surface area contributed by atoms with Crippen LogP contribution in [0.5, 0.6) is 0 Å². The lowest BCUT2D eigenvalue weighted by atomic mass is 10.0. The van der Waals surface area contributed by atoms with Crippen LogP contribution in [0.1, 0.15) is 16.3 Å². The summed E-state index contributed by atoms with van der Waals surface area (Å²) in [6.45, 7) is 0. The monoisotopic (exact) mass is 486 g/mol. The van der Waals surface area contributed by atoms with Gasteiger partial charge in [0.05, 0.1) is 37.5 Å². The van der Waals surface area contributed by atoms with E-state index in [0.717, 1.165) is 55.0 Å². The van der Waals surface area contributed by atoms with Gasteiger partial charge in [0.15, 0.2) is 0 Å². The van der Waals surface area contributed by atoms with Crippen LogP contribution in [0.25, 0.3) is 36.7 Å². The van der Waals surface area contributed by atoms with E-state index in [1.54, 1.807) is 22.7 Å². The highest BCUT2D eigenvalue weighted by Gasteiger charge is 2.19. The van der Waals surface area contributed by atoms with Crippen molar-refractivity contribution in [3.63, 3.8) is 0 Å². The summed E-state index contributed by atoms with van der Waals surface area (Å²) in [5, 5.41) is 1.92. The topological polar surface area (TPSA) is 53.9 Å². The van der Waals surface area contributed by atoms with E-state index in [2.05, 4.69) is 77.8 Å². The van der Waals surface area contributed by atoms with Gasteiger partial charge in [0.25, 0.3) is 0 Å². The molecule has 0 bridgehead atoms. The first-order valence-corrected chi connectivity index (χ1v) is 12.9. The fourth-order valence-electron chi connectivity index (χ4n) is 4.30. The van der Waals surface area contributed by atoms with Gasteiger partial charge in [-0.2, -0.15) is 0 Å². The van der Waals surface area contributed by atoms with Gasteiger partial charge < -0.3 is 4.98 Å². The average Bonchev–Trinajstić information content (AvgIpc) is 3.70. The molecule has 0 saturated heterocycles. The molecule has 0 amide bonds. The number of aromatic amines is 1. The molecule has 1 N–H and O–H groups in total. The predicted molar refractivity (Wildman–Crippen MR) is 147 cm³/mol. The number of nitrogens with zero attached hydrogens (tertiary/aromatic N) is 3. The Labute approximate surface area is 209 Å². The molecule has 35 heavy (non-hydrogen) atoms. The third-order valence-corrected chi connectivity index (χ3v) is 8.08. The Morgan fingerprint density at radius 2 is 1.29 bits per heavy atom. The Hall–Kier alpha value is -4.13. The Balaban J connectivity index is 1.34. The van der Waals surface area contributed by atoms with Gasteiger partial charge in [-0.1, -0.05) is 54.6 Å². The van der Waals surface area contributed by atoms with Gasteiger partial charge in [-0.3, -0.25) is 0 Å². The number of hydrogen-bond acceptors (Lipinski definition) is 5. The summed E-state index contributed by atoms with van der Waals surface area (Å²) in [6.07, 6.45) is 4.15. The second-order valence-corrected chi connectivity index (χ2v) is 10.3. The number of aromatic nitrogens is 3. The molecule has 1 aliphatic rings. The molecule has 0 atom stereocenters. The number of allylic oxidation sites excluding steroid dienone is 2. The van der Waals surface area contributed by atoms with E-state index in [1.165, 1.54) is 9.40 Å². The molecule has 3 aromatic carbocycles. The number of H-pyrrole nitrogens is 1. The largest absolute Gasteiger partial charge is 0.353 e. The molecule has 0 aliphatic carbocycles. The molecule has 4 heterocycles. The Bertz CT molecular complexity index is 1730. The quantitative estimate of drug-likeness (QED) is 0.277. The first-order chi connectivity index (χ1) is 17.3. The minimum absolute atomic E-state index is 0.896. The first-order valence-electron chi connectivity index (χ1n) is 11.3. The number of aliphatic imine (C=N–C) groups is 1. The molecule has 166 valence electrons. The number of rotatable bonds is 4. The third kappa shape index (κ3) is 3.64. The second-order valence-electron chi connectivity index (χ2n) is 8.22. The minimum atomic E-state index is 0.896. The maximum atomic E-state index is 5.02. The molecule has 6 aromatic rings. The molecule has 7 rings (SSSR count). The van der Waals surface area contributed by atoms with E-state index in [0.29, 0.717) is 0 Å². The Morgan fingerprint density at radius 3 is 2.03 bits per heavy atom. The number of para-hydroxylation sites is 2. The van der Waals surface area contributed by atoms with Crippen molar-refractivity contribution in [2.45, 2.75) is 0 Å². The molecular weight excluding hydrogens is 468 g/mol. The minimum Gasteiger partial charge on any atom is -0.353 e. The van der Waals surface area contributed by atoms with Crippen molar-refractivity contribution in [2.24, 2.45) is 4.99 Å². The van der Waals surface area contributed by atoms with Crippen molar-refractivity contribution in [3.8, 4) is 10.7 Å². The predicted octanol–water partition coefficient (Wildman–Crippen LogP) is 7.72. The molecular formula is C29H18N4S2. The molecule has 1 aliphatic heterocycles. The van der Waals surface area contributed by atoms with Gasteiger partial charge in [0.1, 0.15) is 10.0 Å². The van der Waals surface area contributed by atoms with Crippen LogP contribution in [0.15, 0.2) is 114 Å². The van der Waals surface area contributed by atoms with Crippen molar-refractivity contribution in [1.29, 1.82) is 0 Å². The highest BCUT2D eigenvalue weighted by atomic mass is 32.1. The molecule has 0 unspecified atom stereocenters. The summed E-state index contributed by atoms with van der Waals surface area (Å²) >= 11 is 3.37.